The van der Waals surface area contributed by atoms with Crippen LogP contribution in [0.15, 0.2) is 0 Å². The van der Waals surface area contributed by atoms with Gasteiger partial charge in [0.2, 0.25) is 5.91 Å². The van der Waals surface area contributed by atoms with Crippen molar-refractivity contribution in [1.82, 2.24) is 10.2 Å². The van der Waals surface area contributed by atoms with Crippen LogP contribution in [0, 0.1) is 0 Å². The summed E-state index contributed by atoms with van der Waals surface area (Å²) in [7, 11) is 0. The molecule has 90 valence electrons. The summed E-state index contributed by atoms with van der Waals surface area (Å²) in [5.74, 6) is -0.166. The van der Waals surface area contributed by atoms with Crippen molar-refractivity contribution in [2.75, 3.05) is 13.1 Å². The number of hydrogen-bond acceptors (Lipinski definition) is 3. The fourth-order valence-electron chi connectivity index (χ4n) is 2.90. The first-order valence-electron chi connectivity index (χ1n) is 6.19. The van der Waals surface area contributed by atoms with Gasteiger partial charge in [0.25, 0.3) is 0 Å². The quantitative estimate of drug-likeness (QED) is 0.718. The third-order valence-corrected chi connectivity index (χ3v) is 3.61. The lowest BCUT2D eigenvalue weighted by molar-refractivity contribution is -0.127. The van der Waals surface area contributed by atoms with E-state index in [1.165, 1.54) is 32.7 Å². The first kappa shape index (κ1) is 11.6. The zero-order valence-corrected chi connectivity index (χ0v) is 9.87. The van der Waals surface area contributed by atoms with Crippen LogP contribution in [0.4, 0.5) is 0 Å². The van der Waals surface area contributed by atoms with Gasteiger partial charge in [-0.2, -0.15) is 0 Å². The smallest absolute Gasteiger partial charge is 0.227 e. The predicted molar refractivity (Wildman–Crippen MR) is 61.1 cm³/mol. The number of rotatable bonds is 3. The van der Waals surface area contributed by atoms with Crippen molar-refractivity contribution in [1.29, 1.82) is 0 Å². The van der Waals surface area contributed by atoms with Crippen LogP contribution in [0.5, 0.6) is 0 Å². The van der Waals surface area contributed by atoms with Gasteiger partial charge in [-0.05, 0) is 32.7 Å². The molecule has 0 spiro atoms. The molecular formula is C12H20N2O2. The summed E-state index contributed by atoms with van der Waals surface area (Å²) in [4.78, 5) is 24.8. The molecule has 2 fully saturated rings. The number of carbonyl (C=O) groups is 2. The molecule has 2 heterocycles. The molecule has 0 aromatic heterocycles. The Labute approximate surface area is 96.4 Å². The van der Waals surface area contributed by atoms with E-state index in [-0.39, 0.29) is 24.2 Å². The lowest BCUT2D eigenvalue weighted by atomic mass is 9.99. The molecule has 0 radical (unpaired) electrons. The molecule has 16 heavy (non-hydrogen) atoms. The summed E-state index contributed by atoms with van der Waals surface area (Å²) in [5.41, 5.74) is 0. The molecule has 2 atom stereocenters. The van der Waals surface area contributed by atoms with E-state index < -0.39 is 0 Å². The SMILES string of the molecule is CC(=O)CC(=O)NC1CCN2CCCCC12. The van der Waals surface area contributed by atoms with E-state index in [0.29, 0.717) is 6.04 Å². The average Bonchev–Trinajstić information content (AvgIpc) is 2.61. The highest BCUT2D eigenvalue weighted by Gasteiger charge is 2.36. The molecule has 1 N–H and O–H groups in total. The van der Waals surface area contributed by atoms with Gasteiger partial charge in [0.1, 0.15) is 5.78 Å². The molecule has 4 nitrogen and oxygen atoms in total. The molecule has 0 saturated carbocycles. The van der Waals surface area contributed by atoms with Crippen LogP contribution >= 0.6 is 0 Å². The van der Waals surface area contributed by atoms with Gasteiger partial charge in [-0.15, -0.1) is 0 Å². The molecule has 0 bridgehead atoms. The van der Waals surface area contributed by atoms with Crippen LogP contribution in [-0.4, -0.2) is 41.8 Å². The molecule has 0 aromatic carbocycles. The molecular weight excluding hydrogens is 204 g/mol. The summed E-state index contributed by atoms with van der Waals surface area (Å²) in [6, 6.07) is 0.789. The number of amides is 1. The first-order valence-corrected chi connectivity index (χ1v) is 6.19. The summed E-state index contributed by atoms with van der Waals surface area (Å²) in [6.45, 7) is 3.72. The molecule has 2 aliphatic rings. The largest absolute Gasteiger partial charge is 0.351 e. The number of nitrogens with zero attached hydrogens (tertiary/aromatic N) is 1. The number of ketones is 1. The number of Topliss-reactive ketones (excluding diaryl/α,β-unsaturated/α-hetero) is 1. The van der Waals surface area contributed by atoms with Gasteiger partial charge in [-0.25, -0.2) is 0 Å². The van der Waals surface area contributed by atoms with Crippen molar-refractivity contribution in [2.24, 2.45) is 0 Å². The Morgan fingerprint density at radius 3 is 2.81 bits per heavy atom. The first-order chi connectivity index (χ1) is 7.66. The van der Waals surface area contributed by atoms with Gasteiger partial charge in [0, 0.05) is 18.6 Å². The molecule has 4 heteroatoms. The zero-order valence-electron chi connectivity index (χ0n) is 9.87. The molecule has 1 amide bonds. The number of fused-ring (bicyclic) bond motifs is 1. The highest BCUT2D eigenvalue weighted by Crippen LogP contribution is 2.27. The zero-order chi connectivity index (χ0) is 11.5. The van der Waals surface area contributed by atoms with E-state index in [1.54, 1.807) is 0 Å². The second-order valence-corrected chi connectivity index (χ2v) is 4.94. The Hall–Kier alpha value is -0.900. The maximum Gasteiger partial charge on any atom is 0.227 e. The molecule has 0 aliphatic carbocycles. The Balaban J connectivity index is 1.86. The minimum Gasteiger partial charge on any atom is -0.351 e. The monoisotopic (exact) mass is 224 g/mol. The third-order valence-electron chi connectivity index (χ3n) is 3.61. The summed E-state index contributed by atoms with van der Waals surface area (Å²) in [5, 5.41) is 3.01. The van der Waals surface area contributed by atoms with E-state index in [4.69, 9.17) is 0 Å². The van der Waals surface area contributed by atoms with Crippen molar-refractivity contribution in [2.45, 2.75) is 51.1 Å². The normalized spacial score (nSPS) is 29.8. The Morgan fingerprint density at radius 1 is 1.25 bits per heavy atom. The van der Waals surface area contributed by atoms with E-state index >= 15 is 0 Å². The Bertz CT molecular complexity index is 291. The van der Waals surface area contributed by atoms with Crippen molar-refractivity contribution < 1.29 is 9.59 Å². The van der Waals surface area contributed by atoms with Crippen LogP contribution in [0.25, 0.3) is 0 Å². The Morgan fingerprint density at radius 2 is 2.06 bits per heavy atom. The fraction of sp³-hybridized carbons (Fsp3) is 0.833. The van der Waals surface area contributed by atoms with Gasteiger partial charge in [-0.1, -0.05) is 6.42 Å². The minimum absolute atomic E-state index is 0.0310. The van der Waals surface area contributed by atoms with Crippen LogP contribution in [0.3, 0.4) is 0 Å². The number of piperidine rings is 1. The van der Waals surface area contributed by atoms with Crippen LogP contribution in [0.2, 0.25) is 0 Å². The predicted octanol–water partition coefficient (Wildman–Crippen LogP) is 0.708. The van der Waals surface area contributed by atoms with Gasteiger partial charge < -0.3 is 5.32 Å². The van der Waals surface area contributed by atoms with Crippen molar-refractivity contribution in [3.63, 3.8) is 0 Å². The second-order valence-electron chi connectivity index (χ2n) is 4.94. The van der Waals surface area contributed by atoms with Crippen LogP contribution in [0.1, 0.15) is 39.0 Å². The maximum absolute atomic E-state index is 11.5. The Kier molecular flexibility index (Phi) is 3.59. The van der Waals surface area contributed by atoms with Gasteiger partial charge in [0.15, 0.2) is 0 Å². The third kappa shape index (κ3) is 2.61. The fourth-order valence-corrected chi connectivity index (χ4v) is 2.90. The topological polar surface area (TPSA) is 49.4 Å². The van der Waals surface area contributed by atoms with Gasteiger partial charge in [0.05, 0.1) is 6.42 Å². The van der Waals surface area contributed by atoms with Gasteiger partial charge in [-0.3, -0.25) is 14.5 Å². The van der Waals surface area contributed by atoms with Crippen molar-refractivity contribution in [3.8, 4) is 0 Å². The summed E-state index contributed by atoms with van der Waals surface area (Å²) >= 11 is 0. The molecule has 2 aliphatic heterocycles. The molecule has 2 rings (SSSR count). The maximum atomic E-state index is 11.5. The lowest BCUT2D eigenvalue weighted by Gasteiger charge is -2.32. The molecule has 2 unspecified atom stereocenters. The van der Waals surface area contributed by atoms with E-state index in [0.717, 1.165) is 13.0 Å². The standard InChI is InChI=1S/C12H20N2O2/c1-9(15)8-12(16)13-10-5-7-14-6-3-2-4-11(10)14/h10-11H,2-8H2,1H3,(H,13,16). The average molecular weight is 224 g/mol. The summed E-state index contributed by atoms with van der Waals surface area (Å²) < 4.78 is 0. The van der Waals surface area contributed by atoms with E-state index in [1.807, 2.05) is 0 Å². The molecule has 0 aromatic rings. The highest BCUT2D eigenvalue weighted by molar-refractivity contribution is 5.96. The highest BCUT2D eigenvalue weighted by atomic mass is 16.2. The number of carbonyl (C=O) groups excluding carboxylic acids is 2. The second kappa shape index (κ2) is 4.95. The lowest BCUT2D eigenvalue weighted by Crippen LogP contribution is -2.47. The molecule has 2 saturated heterocycles. The van der Waals surface area contributed by atoms with Crippen LogP contribution in [-0.2, 0) is 9.59 Å². The van der Waals surface area contributed by atoms with E-state index in [9.17, 15) is 9.59 Å². The van der Waals surface area contributed by atoms with Gasteiger partial charge >= 0.3 is 0 Å². The van der Waals surface area contributed by atoms with Crippen molar-refractivity contribution in [3.05, 3.63) is 0 Å². The van der Waals surface area contributed by atoms with Crippen molar-refractivity contribution >= 4 is 11.7 Å². The summed E-state index contributed by atoms with van der Waals surface area (Å²) in [6.07, 6.45) is 4.80. The number of hydrogen-bond donors (Lipinski definition) is 1. The van der Waals surface area contributed by atoms with Crippen LogP contribution < -0.4 is 5.32 Å². The minimum atomic E-state index is -0.107. The number of nitrogens with one attached hydrogen (secondary N) is 1. The van der Waals surface area contributed by atoms with E-state index in [2.05, 4.69) is 10.2 Å².